The number of ether oxygens (including phenoxy) is 2. The van der Waals surface area contributed by atoms with Crippen LogP contribution in [0.15, 0.2) is 30.3 Å². The molecule has 0 aromatic heterocycles. The summed E-state index contributed by atoms with van der Waals surface area (Å²) in [6.07, 6.45) is 4.50. The van der Waals surface area contributed by atoms with E-state index in [4.69, 9.17) is 32.7 Å². The van der Waals surface area contributed by atoms with Gasteiger partial charge in [-0.3, -0.25) is 9.69 Å². The Morgan fingerprint density at radius 1 is 1.14 bits per heavy atom. The van der Waals surface area contributed by atoms with Crippen molar-refractivity contribution in [2.75, 3.05) is 39.7 Å². The maximum absolute atomic E-state index is 14.8. The Kier molecular flexibility index (Phi) is 9.01. The van der Waals surface area contributed by atoms with Gasteiger partial charge >= 0.3 is 0 Å². The van der Waals surface area contributed by atoms with E-state index in [0.29, 0.717) is 29.0 Å². The van der Waals surface area contributed by atoms with Crippen molar-refractivity contribution in [3.05, 3.63) is 62.9 Å². The Hall–Kier alpha value is -1.91. The van der Waals surface area contributed by atoms with Gasteiger partial charge in [0.2, 0.25) is 10.0 Å². The second-order valence-electron chi connectivity index (χ2n) is 9.78. The third kappa shape index (κ3) is 7.35. The molecule has 1 aliphatic heterocycles. The molecule has 1 aliphatic carbocycles. The van der Waals surface area contributed by atoms with E-state index in [1.165, 1.54) is 12.1 Å². The summed E-state index contributed by atoms with van der Waals surface area (Å²) in [5.74, 6) is -0.890. The first-order valence-electron chi connectivity index (χ1n) is 12.2. The molecule has 2 aromatic carbocycles. The van der Waals surface area contributed by atoms with Crippen molar-refractivity contribution < 1.29 is 27.1 Å². The van der Waals surface area contributed by atoms with Crippen LogP contribution >= 0.6 is 23.2 Å². The summed E-state index contributed by atoms with van der Waals surface area (Å²) in [6.45, 7) is 2.65. The number of rotatable bonds is 10. The largest absolute Gasteiger partial charge is 0.493 e. The number of nitrogens with one attached hydrogen (secondary N) is 1. The molecule has 1 atom stereocenters. The Labute approximate surface area is 227 Å². The lowest BCUT2D eigenvalue weighted by molar-refractivity contribution is 0.0556. The highest BCUT2D eigenvalue weighted by molar-refractivity contribution is 7.89. The third-order valence-electron chi connectivity index (χ3n) is 6.86. The molecule has 2 fully saturated rings. The number of likely N-dealkylation sites (tertiary alicyclic amines) is 1. The van der Waals surface area contributed by atoms with Crippen LogP contribution in [0.2, 0.25) is 10.0 Å². The summed E-state index contributed by atoms with van der Waals surface area (Å²) in [6, 6.07) is 8.35. The maximum atomic E-state index is 14.8. The van der Waals surface area contributed by atoms with Crippen LogP contribution in [0.4, 0.5) is 4.39 Å². The van der Waals surface area contributed by atoms with E-state index in [0.717, 1.165) is 56.2 Å². The molecule has 11 heteroatoms. The van der Waals surface area contributed by atoms with E-state index >= 15 is 0 Å². The Morgan fingerprint density at radius 2 is 1.84 bits per heavy atom. The minimum Gasteiger partial charge on any atom is -0.493 e. The lowest BCUT2D eigenvalue weighted by atomic mass is 9.95. The third-order valence-corrected chi connectivity index (χ3v) is 8.15. The summed E-state index contributed by atoms with van der Waals surface area (Å²) < 4.78 is 51.0. The van der Waals surface area contributed by atoms with Gasteiger partial charge in [-0.05, 0) is 79.9 Å². The van der Waals surface area contributed by atoms with Crippen LogP contribution in [0, 0.1) is 11.7 Å². The molecule has 1 N–H and O–H groups in total. The van der Waals surface area contributed by atoms with Crippen molar-refractivity contribution in [2.24, 2.45) is 5.92 Å². The van der Waals surface area contributed by atoms with Crippen molar-refractivity contribution in [1.82, 2.24) is 9.62 Å². The Bertz CT molecular complexity index is 1250. The molecule has 7 nitrogen and oxygen atoms in total. The molecule has 202 valence electrons. The van der Waals surface area contributed by atoms with Gasteiger partial charge in [-0.15, -0.1) is 0 Å². The van der Waals surface area contributed by atoms with Gasteiger partial charge in [-0.25, -0.2) is 17.5 Å². The summed E-state index contributed by atoms with van der Waals surface area (Å²) in [5.41, 5.74) is 1.51. The number of carbonyl (C=O) groups excluding carboxylic acids is 1. The standard InChI is InChI=1S/C26H31Cl2FN2O5S/c1-35-15-24(18-5-6-21(27)22(28)11-18)31-9-7-16(8-10-31)14-36-25-13-23(29)20(12-19(25)17-3-4-17)26(32)30-37(2,33)34/h5-6,11-13,16-17,24H,3-4,7-10,14-15H2,1-2H3,(H,30,32)/t24-/m0/s1. The average Bonchev–Trinajstić information content (AvgIpc) is 3.68. The van der Waals surface area contributed by atoms with Gasteiger partial charge in [0.1, 0.15) is 11.6 Å². The van der Waals surface area contributed by atoms with E-state index < -0.39 is 21.7 Å². The number of amides is 1. The number of carbonyl (C=O) groups is 1. The molecule has 2 aliphatic rings. The maximum Gasteiger partial charge on any atom is 0.267 e. The number of methoxy groups -OCH3 is 1. The van der Waals surface area contributed by atoms with E-state index in [1.54, 1.807) is 13.2 Å². The smallest absolute Gasteiger partial charge is 0.267 e. The quantitative estimate of drug-likeness (QED) is 0.422. The van der Waals surface area contributed by atoms with Crippen LogP contribution in [-0.4, -0.2) is 58.9 Å². The highest BCUT2D eigenvalue weighted by Crippen LogP contribution is 2.45. The molecule has 1 saturated heterocycles. The minimum absolute atomic E-state index is 0.0582. The molecule has 1 heterocycles. The number of benzene rings is 2. The van der Waals surface area contributed by atoms with Crippen molar-refractivity contribution in [3.8, 4) is 5.75 Å². The molecular weight excluding hydrogens is 542 g/mol. The second kappa shape index (κ2) is 11.9. The fourth-order valence-corrected chi connectivity index (χ4v) is 5.49. The summed E-state index contributed by atoms with van der Waals surface area (Å²) in [5, 5.41) is 1.03. The van der Waals surface area contributed by atoms with Crippen molar-refractivity contribution in [2.45, 2.75) is 37.6 Å². The fourth-order valence-electron chi connectivity index (χ4n) is 4.74. The van der Waals surface area contributed by atoms with Crippen LogP contribution in [-0.2, 0) is 14.8 Å². The van der Waals surface area contributed by atoms with Crippen LogP contribution in [0.25, 0.3) is 0 Å². The van der Waals surface area contributed by atoms with Crippen molar-refractivity contribution in [1.29, 1.82) is 0 Å². The molecule has 2 aromatic rings. The normalized spacial score (nSPS) is 18.0. The number of halogens is 3. The zero-order chi connectivity index (χ0) is 26.7. The van der Waals surface area contributed by atoms with Gasteiger partial charge in [0.05, 0.1) is 41.1 Å². The molecule has 0 radical (unpaired) electrons. The van der Waals surface area contributed by atoms with Gasteiger partial charge in [0.15, 0.2) is 0 Å². The molecule has 4 rings (SSSR count). The number of sulfonamides is 1. The number of hydrogen-bond acceptors (Lipinski definition) is 6. The van der Waals surface area contributed by atoms with Crippen LogP contribution in [0.1, 0.15) is 59.1 Å². The highest BCUT2D eigenvalue weighted by atomic mass is 35.5. The summed E-state index contributed by atoms with van der Waals surface area (Å²) in [4.78, 5) is 14.6. The molecule has 37 heavy (non-hydrogen) atoms. The second-order valence-corrected chi connectivity index (χ2v) is 12.3. The number of nitrogens with zero attached hydrogens (tertiary/aromatic N) is 1. The van der Waals surface area contributed by atoms with Crippen molar-refractivity contribution in [3.63, 3.8) is 0 Å². The van der Waals surface area contributed by atoms with Gasteiger partial charge in [0.25, 0.3) is 5.91 Å². The Balaban J connectivity index is 1.39. The highest BCUT2D eigenvalue weighted by Gasteiger charge is 2.31. The van der Waals surface area contributed by atoms with Crippen LogP contribution in [0.5, 0.6) is 5.75 Å². The van der Waals surface area contributed by atoms with E-state index in [2.05, 4.69) is 4.90 Å². The van der Waals surface area contributed by atoms with E-state index in [1.807, 2.05) is 16.9 Å². The van der Waals surface area contributed by atoms with Gasteiger partial charge in [-0.1, -0.05) is 29.3 Å². The average molecular weight is 574 g/mol. The van der Waals surface area contributed by atoms with Gasteiger partial charge < -0.3 is 9.47 Å². The lowest BCUT2D eigenvalue weighted by Gasteiger charge is -2.37. The topological polar surface area (TPSA) is 84.9 Å². The lowest BCUT2D eigenvalue weighted by Crippen LogP contribution is -2.39. The summed E-state index contributed by atoms with van der Waals surface area (Å²) >= 11 is 12.3. The predicted molar refractivity (Wildman–Crippen MR) is 142 cm³/mol. The monoisotopic (exact) mass is 572 g/mol. The van der Waals surface area contributed by atoms with Gasteiger partial charge in [-0.2, -0.15) is 0 Å². The first kappa shape index (κ1) is 28.1. The van der Waals surface area contributed by atoms with Crippen LogP contribution < -0.4 is 9.46 Å². The first-order chi connectivity index (χ1) is 17.6. The molecule has 1 saturated carbocycles. The van der Waals surface area contributed by atoms with Crippen LogP contribution in [0.3, 0.4) is 0 Å². The molecule has 1 amide bonds. The first-order valence-corrected chi connectivity index (χ1v) is 14.9. The number of hydrogen-bond donors (Lipinski definition) is 1. The summed E-state index contributed by atoms with van der Waals surface area (Å²) in [7, 11) is -2.12. The van der Waals surface area contributed by atoms with Gasteiger partial charge in [0, 0.05) is 13.2 Å². The van der Waals surface area contributed by atoms with E-state index in [9.17, 15) is 17.6 Å². The molecular formula is C26H31Cl2FN2O5S. The number of piperidine rings is 1. The SMILES string of the molecule is COC[C@@H](c1ccc(Cl)c(Cl)c1)N1CCC(COc2cc(F)c(C(=O)NS(C)(=O)=O)cc2C2CC2)CC1. The molecule has 0 spiro atoms. The molecule has 0 bridgehead atoms. The zero-order valence-electron chi connectivity index (χ0n) is 20.8. The molecule has 0 unspecified atom stereocenters. The van der Waals surface area contributed by atoms with Crippen molar-refractivity contribution >= 4 is 39.1 Å². The Morgan fingerprint density at radius 3 is 2.43 bits per heavy atom. The minimum atomic E-state index is -3.80. The van der Waals surface area contributed by atoms with E-state index in [-0.39, 0.29) is 23.4 Å². The zero-order valence-corrected chi connectivity index (χ0v) is 23.1. The fraction of sp³-hybridized carbons (Fsp3) is 0.500. The predicted octanol–water partition coefficient (Wildman–Crippen LogP) is 5.18.